The lowest BCUT2D eigenvalue weighted by atomic mass is 10.0. The van der Waals surface area contributed by atoms with Crippen molar-refractivity contribution in [1.29, 1.82) is 0 Å². The van der Waals surface area contributed by atoms with Gasteiger partial charge in [-0.2, -0.15) is 0 Å². The first kappa shape index (κ1) is 17.6. The highest BCUT2D eigenvalue weighted by Gasteiger charge is 2.21. The summed E-state index contributed by atoms with van der Waals surface area (Å²) in [5, 5.41) is 11.9. The van der Waals surface area contributed by atoms with Crippen molar-refractivity contribution in [1.82, 2.24) is 10.3 Å². The number of carbonyl (C=O) groups is 2. The van der Waals surface area contributed by atoms with Crippen LogP contribution in [0.3, 0.4) is 0 Å². The van der Waals surface area contributed by atoms with E-state index in [0.717, 1.165) is 23.4 Å². The van der Waals surface area contributed by atoms with Gasteiger partial charge in [-0.05, 0) is 49.1 Å². The second-order valence-corrected chi connectivity index (χ2v) is 5.50. The summed E-state index contributed by atoms with van der Waals surface area (Å²) >= 11 is 0. The van der Waals surface area contributed by atoms with Gasteiger partial charge in [0.25, 0.3) is 5.91 Å². The Hall–Kier alpha value is -2.76. The largest absolute Gasteiger partial charge is 0.497 e. The molecule has 1 aromatic carbocycles. The Balaban J connectivity index is 1.95. The Morgan fingerprint density at radius 1 is 1.21 bits per heavy atom. The zero-order valence-corrected chi connectivity index (χ0v) is 13.8. The number of carboxylic acids is 1. The van der Waals surface area contributed by atoms with E-state index in [9.17, 15) is 14.7 Å². The van der Waals surface area contributed by atoms with Gasteiger partial charge in [-0.25, -0.2) is 4.79 Å². The van der Waals surface area contributed by atoms with E-state index in [-0.39, 0.29) is 0 Å². The average molecular weight is 330 g/mol. The smallest absolute Gasteiger partial charge is 0.326 e. The van der Waals surface area contributed by atoms with Crippen molar-refractivity contribution in [2.45, 2.75) is 32.2 Å². The number of ether oxygens (including phenoxy) is 1. The van der Waals surface area contributed by atoms with Gasteiger partial charge in [0.05, 0.1) is 7.11 Å². The van der Waals surface area contributed by atoms with E-state index in [1.54, 1.807) is 13.2 Å². The lowest BCUT2D eigenvalue weighted by molar-refractivity contribution is -0.139. The topological polar surface area (TPSA) is 91.4 Å². The fourth-order valence-electron chi connectivity index (χ4n) is 2.38. The van der Waals surface area contributed by atoms with E-state index < -0.39 is 17.9 Å². The Kier molecular flexibility index (Phi) is 6.01. The standard InChI is InChI=1S/C18H22N2O4/c1-3-13-7-11-15(19-13)17(21)20-16(18(22)23)10-6-12-4-8-14(24-2)9-5-12/h4-5,7-9,11,16,19H,3,6,10H2,1-2H3,(H,20,21)(H,22,23). The Morgan fingerprint density at radius 3 is 2.46 bits per heavy atom. The molecule has 1 amide bonds. The van der Waals surface area contributed by atoms with Crippen LogP contribution >= 0.6 is 0 Å². The number of benzene rings is 1. The predicted molar refractivity (Wildman–Crippen MR) is 90.4 cm³/mol. The van der Waals surface area contributed by atoms with Crippen molar-refractivity contribution in [3.8, 4) is 5.75 Å². The summed E-state index contributed by atoms with van der Waals surface area (Å²) in [6.07, 6.45) is 1.65. The van der Waals surface area contributed by atoms with Gasteiger partial charge in [0, 0.05) is 5.69 Å². The number of nitrogens with one attached hydrogen (secondary N) is 2. The quantitative estimate of drug-likeness (QED) is 0.693. The van der Waals surface area contributed by atoms with Crippen LogP contribution in [-0.4, -0.2) is 35.1 Å². The molecule has 0 spiro atoms. The van der Waals surface area contributed by atoms with Crippen LogP contribution in [0.4, 0.5) is 0 Å². The van der Waals surface area contributed by atoms with E-state index in [1.165, 1.54) is 0 Å². The molecule has 6 nitrogen and oxygen atoms in total. The molecule has 1 unspecified atom stereocenters. The maximum absolute atomic E-state index is 12.2. The summed E-state index contributed by atoms with van der Waals surface area (Å²) in [6.45, 7) is 1.97. The van der Waals surface area contributed by atoms with E-state index in [2.05, 4.69) is 10.3 Å². The molecule has 0 radical (unpaired) electrons. The molecule has 128 valence electrons. The van der Waals surface area contributed by atoms with Crippen LogP contribution in [0.2, 0.25) is 0 Å². The highest BCUT2D eigenvalue weighted by Crippen LogP contribution is 2.13. The highest BCUT2D eigenvalue weighted by atomic mass is 16.5. The van der Waals surface area contributed by atoms with Crippen molar-refractivity contribution in [3.05, 3.63) is 53.3 Å². The third-order valence-corrected chi connectivity index (χ3v) is 3.86. The zero-order valence-electron chi connectivity index (χ0n) is 13.8. The Labute approximate surface area is 140 Å². The maximum Gasteiger partial charge on any atom is 0.326 e. The second kappa shape index (κ2) is 8.19. The first-order valence-electron chi connectivity index (χ1n) is 7.88. The van der Waals surface area contributed by atoms with Crippen molar-refractivity contribution in [2.24, 2.45) is 0 Å². The van der Waals surface area contributed by atoms with E-state index >= 15 is 0 Å². The molecule has 1 heterocycles. The highest BCUT2D eigenvalue weighted by molar-refractivity contribution is 5.95. The Morgan fingerprint density at radius 2 is 1.92 bits per heavy atom. The molecule has 2 aromatic rings. The van der Waals surface area contributed by atoms with E-state index in [4.69, 9.17) is 4.74 Å². The van der Waals surface area contributed by atoms with Crippen LogP contribution in [0, 0.1) is 0 Å². The van der Waals surface area contributed by atoms with Gasteiger partial charge < -0.3 is 20.1 Å². The summed E-state index contributed by atoms with van der Waals surface area (Å²) < 4.78 is 5.09. The fourth-order valence-corrected chi connectivity index (χ4v) is 2.38. The number of aromatic amines is 1. The summed E-state index contributed by atoms with van der Waals surface area (Å²) in [6, 6.07) is 9.98. The van der Waals surface area contributed by atoms with Gasteiger partial charge in [0.2, 0.25) is 0 Å². The summed E-state index contributed by atoms with van der Waals surface area (Å²) in [7, 11) is 1.59. The lowest BCUT2D eigenvalue weighted by Crippen LogP contribution is -2.41. The molecule has 2 rings (SSSR count). The predicted octanol–water partition coefficient (Wildman–Crippen LogP) is 2.40. The lowest BCUT2D eigenvalue weighted by Gasteiger charge is -2.14. The van der Waals surface area contributed by atoms with Crippen molar-refractivity contribution in [3.63, 3.8) is 0 Å². The van der Waals surface area contributed by atoms with Gasteiger partial charge in [-0.1, -0.05) is 19.1 Å². The zero-order chi connectivity index (χ0) is 17.5. The number of amides is 1. The van der Waals surface area contributed by atoms with Gasteiger partial charge in [0.1, 0.15) is 17.5 Å². The molecule has 0 saturated heterocycles. The number of H-pyrrole nitrogens is 1. The Bertz CT molecular complexity index is 691. The molecule has 0 aliphatic rings. The molecule has 0 saturated carbocycles. The SMILES string of the molecule is CCc1ccc(C(=O)NC(CCc2ccc(OC)cc2)C(=O)O)[nH]1. The number of methoxy groups -OCH3 is 1. The molecule has 0 aliphatic carbocycles. The van der Waals surface area contributed by atoms with E-state index in [1.807, 2.05) is 37.3 Å². The van der Waals surface area contributed by atoms with Gasteiger partial charge in [-0.15, -0.1) is 0 Å². The number of carboxylic acid groups (broad SMARTS) is 1. The van der Waals surface area contributed by atoms with Crippen molar-refractivity contribution in [2.75, 3.05) is 7.11 Å². The van der Waals surface area contributed by atoms with Crippen LogP contribution in [0.1, 0.15) is 35.1 Å². The maximum atomic E-state index is 12.2. The van der Waals surface area contributed by atoms with Gasteiger partial charge in [0.15, 0.2) is 0 Å². The first-order valence-corrected chi connectivity index (χ1v) is 7.88. The van der Waals surface area contributed by atoms with Gasteiger partial charge in [-0.3, -0.25) is 4.79 Å². The minimum Gasteiger partial charge on any atom is -0.497 e. The molecule has 1 aromatic heterocycles. The molecular formula is C18H22N2O4. The molecule has 24 heavy (non-hydrogen) atoms. The number of hydrogen-bond acceptors (Lipinski definition) is 3. The third-order valence-electron chi connectivity index (χ3n) is 3.86. The van der Waals surface area contributed by atoms with Crippen LogP contribution in [0.25, 0.3) is 0 Å². The van der Waals surface area contributed by atoms with Crippen LogP contribution < -0.4 is 10.1 Å². The average Bonchev–Trinajstić information content (AvgIpc) is 3.08. The second-order valence-electron chi connectivity index (χ2n) is 5.50. The molecule has 0 aliphatic heterocycles. The number of rotatable bonds is 8. The fraction of sp³-hybridized carbons (Fsp3) is 0.333. The summed E-state index contributed by atoms with van der Waals surface area (Å²) in [4.78, 5) is 26.5. The normalized spacial score (nSPS) is 11.8. The summed E-state index contributed by atoms with van der Waals surface area (Å²) in [5.74, 6) is -0.698. The molecule has 1 atom stereocenters. The third kappa shape index (κ3) is 4.62. The molecule has 0 bridgehead atoms. The number of aromatic nitrogens is 1. The first-order chi connectivity index (χ1) is 11.5. The minimum absolute atomic E-state index is 0.314. The number of aliphatic carboxylic acids is 1. The van der Waals surface area contributed by atoms with Crippen LogP contribution in [-0.2, 0) is 17.6 Å². The van der Waals surface area contributed by atoms with Gasteiger partial charge >= 0.3 is 5.97 Å². The van der Waals surface area contributed by atoms with Crippen molar-refractivity contribution >= 4 is 11.9 Å². The molecule has 0 fully saturated rings. The monoisotopic (exact) mass is 330 g/mol. The van der Waals surface area contributed by atoms with Crippen molar-refractivity contribution < 1.29 is 19.4 Å². The number of hydrogen-bond donors (Lipinski definition) is 3. The molecule has 3 N–H and O–H groups in total. The minimum atomic E-state index is -1.04. The number of aryl methyl sites for hydroxylation is 2. The molecule has 6 heteroatoms. The summed E-state index contributed by atoms with van der Waals surface area (Å²) in [5.41, 5.74) is 2.30. The van der Waals surface area contributed by atoms with E-state index in [0.29, 0.717) is 18.5 Å². The van der Waals surface area contributed by atoms with Crippen LogP contribution in [0.5, 0.6) is 5.75 Å². The molecular weight excluding hydrogens is 308 g/mol. The number of carbonyl (C=O) groups excluding carboxylic acids is 1. The van der Waals surface area contributed by atoms with Crippen LogP contribution in [0.15, 0.2) is 36.4 Å².